The molecular weight excluding hydrogens is 342 g/mol. The Bertz CT molecular complexity index is 755. The minimum atomic E-state index is -0.357. The molecule has 0 aromatic heterocycles. The molecule has 0 bridgehead atoms. The summed E-state index contributed by atoms with van der Waals surface area (Å²) in [5.41, 5.74) is 3.79. The van der Waals surface area contributed by atoms with Crippen molar-refractivity contribution >= 4 is 17.6 Å². The lowest BCUT2D eigenvalue weighted by atomic mass is 9.98. The smallest absolute Gasteiger partial charge is 0.337 e. The molecule has 0 radical (unpaired) electrons. The van der Waals surface area contributed by atoms with E-state index in [1.807, 2.05) is 13.0 Å². The zero-order valence-corrected chi connectivity index (χ0v) is 16.0. The molecule has 1 aromatic rings. The van der Waals surface area contributed by atoms with Crippen LogP contribution in [0.3, 0.4) is 0 Å². The zero-order valence-electron chi connectivity index (χ0n) is 16.0. The van der Waals surface area contributed by atoms with Crippen molar-refractivity contribution in [1.29, 1.82) is 0 Å². The number of amides is 2. The van der Waals surface area contributed by atoms with Gasteiger partial charge in [-0.1, -0.05) is 43.3 Å². The Morgan fingerprint density at radius 2 is 2.04 bits per heavy atom. The summed E-state index contributed by atoms with van der Waals surface area (Å²) in [6.07, 6.45) is 3.81. The standard InChI is InChI=1S/C21H27N3O3/c1-3-17-19(20(25)27-4-2)18(23-21(26)22-17)14-24-12-10-16(11-13-24)15-8-6-5-7-9-15/h5-10,17H,3-4,11-14H2,1-2H3,(H2,22,23,26). The first kappa shape index (κ1) is 19.2. The lowest BCUT2D eigenvalue weighted by Crippen LogP contribution is -2.52. The van der Waals surface area contributed by atoms with Gasteiger partial charge in [0, 0.05) is 25.3 Å². The number of nitrogens with zero attached hydrogens (tertiary/aromatic N) is 1. The van der Waals surface area contributed by atoms with Crippen LogP contribution in [0.5, 0.6) is 0 Å². The van der Waals surface area contributed by atoms with E-state index in [2.05, 4.69) is 45.9 Å². The van der Waals surface area contributed by atoms with Gasteiger partial charge in [-0.05, 0) is 30.9 Å². The fraction of sp³-hybridized carbons (Fsp3) is 0.429. The Balaban J connectivity index is 1.76. The summed E-state index contributed by atoms with van der Waals surface area (Å²) in [6, 6.07) is 9.80. The van der Waals surface area contributed by atoms with E-state index in [0.29, 0.717) is 30.8 Å². The molecular formula is C21H27N3O3. The first-order valence-corrected chi connectivity index (χ1v) is 9.56. The van der Waals surface area contributed by atoms with Crippen LogP contribution >= 0.6 is 0 Å². The maximum Gasteiger partial charge on any atom is 0.337 e. The summed E-state index contributed by atoms with van der Waals surface area (Å²) >= 11 is 0. The maximum absolute atomic E-state index is 12.5. The number of carbonyl (C=O) groups is 2. The minimum Gasteiger partial charge on any atom is -0.463 e. The van der Waals surface area contributed by atoms with E-state index in [4.69, 9.17) is 4.74 Å². The Kier molecular flexibility index (Phi) is 6.29. The van der Waals surface area contributed by atoms with Crippen LogP contribution in [0.2, 0.25) is 0 Å². The lowest BCUT2D eigenvalue weighted by Gasteiger charge is -2.32. The molecule has 0 fully saturated rings. The third-order valence-corrected chi connectivity index (χ3v) is 4.97. The lowest BCUT2D eigenvalue weighted by molar-refractivity contribution is -0.139. The zero-order chi connectivity index (χ0) is 19.2. The molecule has 144 valence electrons. The molecule has 27 heavy (non-hydrogen) atoms. The Morgan fingerprint density at radius 1 is 1.26 bits per heavy atom. The Labute approximate surface area is 160 Å². The predicted octanol–water partition coefficient (Wildman–Crippen LogP) is 2.68. The highest BCUT2D eigenvalue weighted by molar-refractivity contribution is 5.94. The van der Waals surface area contributed by atoms with Gasteiger partial charge in [-0.2, -0.15) is 0 Å². The highest BCUT2D eigenvalue weighted by Gasteiger charge is 2.32. The number of nitrogens with one attached hydrogen (secondary N) is 2. The quantitative estimate of drug-likeness (QED) is 0.757. The van der Waals surface area contributed by atoms with Crippen LogP contribution in [-0.4, -0.2) is 49.2 Å². The summed E-state index contributed by atoms with van der Waals surface area (Å²) in [5.74, 6) is -0.357. The number of benzene rings is 1. The van der Waals surface area contributed by atoms with E-state index in [-0.39, 0.29) is 18.0 Å². The number of urea groups is 1. The number of ether oxygens (including phenoxy) is 1. The molecule has 0 saturated heterocycles. The molecule has 0 spiro atoms. The average Bonchev–Trinajstić information content (AvgIpc) is 2.69. The normalized spacial score (nSPS) is 20.6. The Morgan fingerprint density at radius 3 is 2.67 bits per heavy atom. The molecule has 6 nitrogen and oxygen atoms in total. The molecule has 6 heteroatoms. The van der Waals surface area contributed by atoms with Crippen LogP contribution in [0, 0.1) is 0 Å². The van der Waals surface area contributed by atoms with E-state index in [1.165, 1.54) is 11.1 Å². The van der Waals surface area contributed by atoms with Crippen molar-refractivity contribution < 1.29 is 14.3 Å². The van der Waals surface area contributed by atoms with Gasteiger partial charge >= 0.3 is 12.0 Å². The van der Waals surface area contributed by atoms with Crippen molar-refractivity contribution in [3.63, 3.8) is 0 Å². The average molecular weight is 369 g/mol. The molecule has 1 atom stereocenters. The summed E-state index contributed by atoms with van der Waals surface area (Å²) < 4.78 is 5.22. The second kappa shape index (κ2) is 8.86. The van der Waals surface area contributed by atoms with Crippen molar-refractivity contribution in [2.45, 2.75) is 32.7 Å². The van der Waals surface area contributed by atoms with Gasteiger partial charge in [-0.15, -0.1) is 0 Å². The molecule has 1 unspecified atom stereocenters. The predicted molar refractivity (Wildman–Crippen MR) is 105 cm³/mol. The highest BCUT2D eigenvalue weighted by atomic mass is 16.5. The second-order valence-electron chi connectivity index (χ2n) is 6.75. The van der Waals surface area contributed by atoms with E-state index in [9.17, 15) is 9.59 Å². The molecule has 2 heterocycles. The number of hydrogen-bond acceptors (Lipinski definition) is 4. The minimum absolute atomic E-state index is 0.262. The highest BCUT2D eigenvalue weighted by Crippen LogP contribution is 2.24. The van der Waals surface area contributed by atoms with Gasteiger partial charge in [0.15, 0.2) is 0 Å². The van der Waals surface area contributed by atoms with Crippen LogP contribution in [0.1, 0.15) is 32.3 Å². The monoisotopic (exact) mass is 369 g/mol. The van der Waals surface area contributed by atoms with Gasteiger partial charge in [-0.3, -0.25) is 4.90 Å². The van der Waals surface area contributed by atoms with Crippen LogP contribution in [0.15, 0.2) is 47.7 Å². The molecule has 1 aromatic carbocycles. The molecule has 0 aliphatic carbocycles. The number of hydrogen-bond donors (Lipinski definition) is 2. The Hall–Kier alpha value is -2.60. The largest absolute Gasteiger partial charge is 0.463 e. The van der Waals surface area contributed by atoms with E-state index in [0.717, 1.165) is 19.5 Å². The first-order chi connectivity index (χ1) is 13.1. The van der Waals surface area contributed by atoms with Gasteiger partial charge in [0.05, 0.1) is 18.2 Å². The fourth-order valence-corrected chi connectivity index (χ4v) is 3.58. The van der Waals surface area contributed by atoms with Gasteiger partial charge in [-0.25, -0.2) is 9.59 Å². The molecule has 3 rings (SSSR count). The van der Waals surface area contributed by atoms with Crippen LogP contribution < -0.4 is 10.6 Å². The van der Waals surface area contributed by atoms with Gasteiger partial charge in [0.25, 0.3) is 0 Å². The van der Waals surface area contributed by atoms with Crippen molar-refractivity contribution in [2.75, 3.05) is 26.2 Å². The summed E-state index contributed by atoms with van der Waals surface area (Å²) in [6.45, 7) is 6.23. The molecule has 2 N–H and O–H groups in total. The van der Waals surface area contributed by atoms with Gasteiger partial charge in [0.1, 0.15) is 0 Å². The topological polar surface area (TPSA) is 70.7 Å². The third kappa shape index (κ3) is 4.57. The van der Waals surface area contributed by atoms with Crippen molar-refractivity contribution in [1.82, 2.24) is 15.5 Å². The fourth-order valence-electron chi connectivity index (χ4n) is 3.58. The summed E-state index contributed by atoms with van der Waals surface area (Å²) in [5, 5.41) is 5.64. The van der Waals surface area contributed by atoms with Crippen LogP contribution in [-0.2, 0) is 9.53 Å². The van der Waals surface area contributed by atoms with Crippen molar-refractivity contribution in [3.8, 4) is 0 Å². The van der Waals surface area contributed by atoms with Crippen molar-refractivity contribution in [3.05, 3.63) is 53.2 Å². The van der Waals surface area contributed by atoms with Crippen molar-refractivity contribution in [2.24, 2.45) is 0 Å². The first-order valence-electron chi connectivity index (χ1n) is 9.56. The summed E-state index contributed by atoms with van der Waals surface area (Å²) in [4.78, 5) is 26.7. The summed E-state index contributed by atoms with van der Waals surface area (Å²) in [7, 11) is 0. The number of rotatable bonds is 6. The maximum atomic E-state index is 12.5. The second-order valence-corrected chi connectivity index (χ2v) is 6.75. The van der Waals surface area contributed by atoms with E-state index >= 15 is 0 Å². The van der Waals surface area contributed by atoms with E-state index < -0.39 is 0 Å². The van der Waals surface area contributed by atoms with Gasteiger partial charge in [0.2, 0.25) is 0 Å². The molecule has 2 aliphatic rings. The SMILES string of the molecule is CCOC(=O)C1=C(CN2CC=C(c3ccccc3)CC2)NC(=O)NC1CC. The molecule has 2 amide bonds. The van der Waals surface area contributed by atoms with Gasteiger partial charge < -0.3 is 15.4 Å². The number of esters is 1. The van der Waals surface area contributed by atoms with E-state index in [1.54, 1.807) is 6.92 Å². The third-order valence-electron chi connectivity index (χ3n) is 4.97. The molecule has 0 saturated carbocycles. The number of carbonyl (C=O) groups excluding carboxylic acids is 2. The van der Waals surface area contributed by atoms with Crippen LogP contribution in [0.4, 0.5) is 4.79 Å². The molecule has 2 aliphatic heterocycles. The van der Waals surface area contributed by atoms with Crippen LogP contribution in [0.25, 0.3) is 5.57 Å².